The van der Waals surface area contributed by atoms with Crippen molar-refractivity contribution in [2.75, 3.05) is 18.9 Å². The minimum absolute atomic E-state index is 0.0426. The van der Waals surface area contributed by atoms with Gasteiger partial charge in [0, 0.05) is 12.3 Å². The topological polar surface area (TPSA) is 66.8 Å². The number of hydrogen-bond acceptors (Lipinski definition) is 5. The molecular weight excluding hydrogens is 338 g/mol. The van der Waals surface area contributed by atoms with Crippen LogP contribution < -0.4 is 4.74 Å². The Morgan fingerprint density at radius 1 is 1.16 bits per heavy atom. The highest BCUT2D eigenvalue weighted by atomic mass is 32.2. The number of rotatable bonds is 9. The average Bonchev–Trinajstić information content (AvgIpc) is 2.81. The van der Waals surface area contributed by atoms with E-state index in [0.717, 1.165) is 18.6 Å². The zero-order chi connectivity index (χ0) is 18.4. The molecule has 5 nitrogen and oxygen atoms in total. The van der Waals surface area contributed by atoms with Gasteiger partial charge in [-0.3, -0.25) is 14.5 Å². The summed E-state index contributed by atoms with van der Waals surface area (Å²) in [6, 6.07) is 7.23. The Morgan fingerprint density at radius 2 is 1.84 bits per heavy atom. The summed E-state index contributed by atoms with van der Waals surface area (Å²) in [5.41, 5.74) is 1.13. The van der Waals surface area contributed by atoms with Gasteiger partial charge in [-0.1, -0.05) is 25.5 Å². The lowest BCUT2D eigenvalue weighted by molar-refractivity contribution is -0.136. The molecule has 1 N–H and O–H groups in total. The standard InChI is InChI=1S/C19H25NO4S/c1-4-5-10-20-18(22)16(17(19(20)23)25-12-11-21)14-6-8-15(9-7-14)24-13(2)3/h6-9,13,21H,4-5,10-12H2,1-3H3. The summed E-state index contributed by atoms with van der Waals surface area (Å²) in [6.45, 7) is 6.30. The number of aliphatic hydroxyl groups is 1. The molecule has 1 aromatic rings. The Bertz CT molecular complexity index is 652. The van der Waals surface area contributed by atoms with Crippen LogP contribution in [0, 0.1) is 0 Å². The number of amides is 2. The molecule has 0 saturated carbocycles. The van der Waals surface area contributed by atoms with Gasteiger partial charge in [0.2, 0.25) is 0 Å². The fourth-order valence-electron chi connectivity index (χ4n) is 2.58. The van der Waals surface area contributed by atoms with Crippen LogP contribution in [0.3, 0.4) is 0 Å². The molecule has 0 unspecified atom stereocenters. The number of hydrogen-bond donors (Lipinski definition) is 1. The highest BCUT2D eigenvalue weighted by Crippen LogP contribution is 2.36. The zero-order valence-corrected chi connectivity index (χ0v) is 15.8. The molecule has 1 aromatic carbocycles. The number of carbonyl (C=O) groups excluding carboxylic acids is 2. The summed E-state index contributed by atoms with van der Waals surface area (Å²) < 4.78 is 5.63. The summed E-state index contributed by atoms with van der Waals surface area (Å²) in [5.74, 6) is 0.600. The Balaban J connectivity index is 2.33. The van der Waals surface area contributed by atoms with E-state index >= 15 is 0 Å². The number of benzene rings is 1. The number of unbranched alkanes of at least 4 members (excludes halogenated alkanes) is 1. The number of nitrogens with zero attached hydrogens (tertiary/aromatic N) is 1. The molecular formula is C19H25NO4S. The quantitative estimate of drug-likeness (QED) is 0.683. The molecule has 1 heterocycles. The first-order valence-electron chi connectivity index (χ1n) is 8.60. The molecule has 0 aliphatic carbocycles. The van der Waals surface area contributed by atoms with E-state index in [4.69, 9.17) is 9.84 Å². The van der Waals surface area contributed by atoms with Gasteiger partial charge in [0.25, 0.3) is 11.8 Å². The number of imide groups is 1. The molecule has 0 fully saturated rings. The molecule has 0 spiro atoms. The van der Waals surface area contributed by atoms with Crippen molar-refractivity contribution >= 4 is 29.1 Å². The van der Waals surface area contributed by atoms with Crippen LogP contribution in [0.15, 0.2) is 29.2 Å². The largest absolute Gasteiger partial charge is 0.491 e. The van der Waals surface area contributed by atoms with Crippen molar-refractivity contribution < 1.29 is 19.4 Å². The summed E-state index contributed by atoms with van der Waals surface area (Å²) in [7, 11) is 0. The zero-order valence-electron chi connectivity index (χ0n) is 14.9. The summed E-state index contributed by atoms with van der Waals surface area (Å²) in [4.78, 5) is 27.2. The fourth-order valence-corrected chi connectivity index (χ4v) is 3.46. The van der Waals surface area contributed by atoms with E-state index in [1.165, 1.54) is 16.7 Å². The number of thioether (sulfide) groups is 1. The lowest BCUT2D eigenvalue weighted by Gasteiger charge is -2.14. The first kappa shape index (κ1) is 19.5. The van der Waals surface area contributed by atoms with Gasteiger partial charge < -0.3 is 9.84 Å². The van der Waals surface area contributed by atoms with Crippen LogP contribution in [0.2, 0.25) is 0 Å². The monoisotopic (exact) mass is 363 g/mol. The SMILES string of the molecule is CCCCN1C(=O)C(SCCO)=C(c2ccc(OC(C)C)cc2)C1=O. The van der Waals surface area contributed by atoms with Crippen molar-refractivity contribution in [2.24, 2.45) is 0 Å². The van der Waals surface area contributed by atoms with Crippen molar-refractivity contribution in [3.05, 3.63) is 34.7 Å². The van der Waals surface area contributed by atoms with Gasteiger partial charge >= 0.3 is 0 Å². The van der Waals surface area contributed by atoms with Crippen LogP contribution in [-0.2, 0) is 9.59 Å². The summed E-state index contributed by atoms with van der Waals surface area (Å²) in [5, 5.41) is 9.09. The highest BCUT2D eigenvalue weighted by Gasteiger charge is 2.38. The molecule has 0 aromatic heterocycles. The van der Waals surface area contributed by atoms with Crippen molar-refractivity contribution in [1.82, 2.24) is 4.90 Å². The first-order valence-corrected chi connectivity index (χ1v) is 9.59. The molecule has 0 radical (unpaired) electrons. The molecule has 0 bridgehead atoms. The van der Waals surface area contributed by atoms with Gasteiger partial charge in [-0.25, -0.2) is 0 Å². The van der Waals surface area contributed by atoms with Crippen molar-refractivity contribution in [2.45, 2.75) is 39.7 Å². The third-order valence-corrected chi connectivity index (χ3v) is 4.77. The minimum atomic E-state index is -0.255. The maximum atomic E-state index is 12.8. The second kappa shape index (κ2) is 9.06. The van der Waals surface area contributed by atoms with E-state index in [1.807, 2.05) is 32.9 Å². The van der Waals surface area contributed by atoms with Crippen molar-refractivity contribution in [3.63, 3.8) is 0 Å². The van der Waals surface area contributed by atoms with Gasteiger partial charge in [0.1, 0.15) is 5.75 Å². The molecule has 0 atom stereocenters. The van der Waals surface area contributed by atoms with Gasteiger partial charge in [-0.15, -0.1) is 11.8 Å². The van der Waals surface area contributed by atoms with E-state index < -0.39 is 0 Å². The lowest BCUT2D eigenvalue weighted by atomic mass is 10.1. The Hall–Kier alpha value is -1.79. The van der Waals surface area contributed by atoms with Gasteiger partial charge in [-0.2, -0.15) is 0 Å². The predicted octanol–water partition coefficient (Wildman–Crippen LogP) is 3.08. The third kappa shape index (κ3) is 4.64. The molecule has 25 heavy (non-hydrogen) atoms. The predicted molar refractivity (Wildman–Crippen MR) is 100 cm³/mol. The Labute approximate surface area is 153 Å². The second-order valence-corrected chi connectivity index (χ2v) is 7.19. The van der Waals surface area contributed by atoms with Crippen LogP contribution >= 0.6 is 11.8 Å². The molecule has 2 rings (SSSR count). The second-order valence-electron chi connectivity index (χ2n) is 6.08. The van der Waals surface area contributed by atoms with E-state index in [-0.39, 0.29) is 24.5 Å². The average molecular weight is 363 g/mol. The van der Waals surface area contributed by atoms with E-state index in [0.29, 0.717) is 28.3 Å². The lowest BCUT2D eigenvalue weighted by Crippen LogP contribution is -2.32. The van der Waals surface area contributed by atoms with Gasteiger partial charge in [0.05, 0.1) is 23.2 Å². The third-order valence-electron chi connectivity index (χ3n) is 3.71. The summed E-state index contributed by atoms with van der Waals surface area (Å²) >= 11 is 1.24. The van der Waals surface area contributed by atoms with E-state index in [9.17, 15) is 9.59 Å². The number of ether oxygens (including phenoxy) is 1. The minimum Gasteiger partial charge on any atom is -0.491 e. The molecule has 1 aliphatic rings. The van der Waals surface area contributed by atoms with Crippen LogP contribution in [0.5, 0.6) is 5.75 Å². The molecule has 6 heteroatoms. The highest BCUT2D eigenvalue weighted by molar-refractivity contribution is 8.04. The normalized spacial score (nSPS) is 14.8. The van der Waals surface area contributed by atoms with Crippen molar-refractivity contribution in [3.8, 4) is 5.75 Å². The fraction of sp³-hybridized carbons (Fsp3) is 0.474. The van der Waals surface area contributed by atoms with Crippen LogP contribution in [0.25, 0.3) is 5.57 Å². The van der Waals surface area contributed by atoms with Crippen molar-refractivity contribution in [1.29, 1.82) is 0 Å². The maximum Gasteiger partial charge on any atom is 0.267 e. The van der Waals surface area contributed by atoms with Crippen LogP contribution in [0.4, 0.5) is 0 Å². The van der Waals surface area contributed by atoms with Gasteiger partial charge in [0.15, 0.2) is 0 Å². The van der Waals surface area contributed by atoms with E-state index in [1.54, 1.807) is 12.1 Å². The number of carbonyl (C=O) groups is 2. The Morgan fingerprint density at radius 3 is 2.40 bits per heavy atom. The van der Waals surface area contributed by atoms with Crippen LogP contribution in [-0.4, -0.2) is 46.8 Å². The Kier molecular flexibility index (Phi) is 7.08. The molecule has 1 aliphatic heterocycles. The molecule has 2 amide bonds. The number of aliphatic hydroxyl groups excluding tert-OH is 1. The first-order chi connectivity index (χ1) is 12.0. The smallest absolute Gasteiger partial charge is 0.267 e. The van der Waals surface area contributed by atoms with Gasteiger partial charge in [-0.05, 0) is 38.0 Å². The van der Waals surface area contributed by atoms with E-state index in [2.05, 4.69) is 0 Å². The molecule has 0 saturated heterocycles. The van der Waals surface area contributed by atoms with Crippen LogP contribution in [0.1, 0.15) is 39.2 Å². The maximum absolute atomic E-state index is 12.8. The molecule has 136 valence electrons. The summed E-state index contributed by atoms with van der Waals surface area (Å²) in [6.07, 6.45) is 1.76.